The number of rotatable bonds is 7. The molecule has 1 aliphatic rings. The van der Waals surface area contributed by atoms with Crippen LogP contribution >= 0.6 is 11.6 Å². The molecule has 6 nitrogen and oxygen atoms in total. The second-order valence-corrected chi connectivity index (χ2v) is 7.76. The molecule has 0 unspecified atom stereocenters. The minimum absolute atomic E-state index is 0.0228. The zero-order valence-corrected chi connectivity index (χ0v) is 18.2. The summed E-state index contributed by atoms with van der Waals surface area (Å²) < 4.78 is 0. The number of amides is 2. The van der Waals surface area contributed by atoms with E-state index in [1.165, 1.54) is 5.56 Å². The van der Waals surface area contributed by atoms with Crippen LogP contribution in [0.3, 0.4) is 0 Å². The van der Waals surface area contributed by atoms with Gasteiger partial charge in [-0.25, -0.2) is 9.79 Å². The Bertz CT molecular complexity index is 847. The predicted molar refractivity (Wildman–Crippen MR) is 124 cm³/mol. The molecule has 1 aliphatic heterocycles. The third kappa shape index (κ3) is 6.95. The molecule has 30 heavy (non-hydrogen) atoms. The summed E-state index contributed by atoms with van der Waals surface area (Å²) >= 11 is 5.94. The minimum atomic E-state index is -0.0228. The van der Waals surface area contributed by atoms with E-state index in [2.05, 4.69) is 20.9 Å². The Morgan fingerprint density at radius 2 is 1.83 bits per heavy atom. The lowest BCUT2D eigenvalue weighted by Gasteiger charge is -2.16. The Kier molecular flexibility index (Phi) is 8.39. The van der Waals surface area contributed by atoms with Gasteiger partial charge in [-0.05, 0) is 61.6 Å². The first-order chi connectivity index (χ1) is 14.6. The van der Waals surface area contributed by atoms with Gasteiger partial charge in [-0.3, -0.25) is 0 Å². The lowest BCUT2D eigenvalue weighted by Crippen LogP contribution is -2.38. The highest BCUT2D eigenvalue weighted by Gasteiger charge is 2.17. The normalized spacial score (nSPS) is 13.9. The first-order valence-corrected chi connectivity index (χ1v) is 10.9. The molecule has 7 heteroatoms. The molecule has 160 valence electrons. The largest absolute Gasteiger partial charge is 0.357 e. The SMILES string of the molecule is CCNC(=NCc1cccc(NC(=O)N2CCCC2)c1)NCCc1ccc(Cl)cc1. The van der Waals surface area contributed by atoms with Crippen molar-refractivity contribution in [2.24, 2.45) is 4.99 Å². The summed E-state index contributed by atoms with van der Waals surface area (Å²) in [5.41, 5.74) is 3.08. The van der Waals surface area contributed by atoms with Gasteiger partial charge in [-0.15, -0.1) is 0 Å². The Balaban J connectivity index is 1.53. The van der Waals surface area contributed by atoms with E-state index in [-0.39, 0.29) is 6.03 Å². The molecule has 1 heterocycles. The first kappa shape index (κ1) is 22.0. The van der Waals surface area contributed by atoms with Crippen LogP contribution in [0.5, 0.6) is 0 Å². The number of likely N-dealkylation sites (tertiary alicyclic amines) is 1. The van der Waals surface area contributed by atoms with Crippen LogP contribution in [-0.4, -0.2) is 43.1 Å². The summed E-state index contributed by atoms with van der Waals surface area (Å²) in [6.45, 7) is 5.82. The van der Waals surface area contributed by atoms with Crippen molar-refractivity contribution in [1.82, 2.24) is 15.5 Å². The number of aliphatic imine (C=N–C) groups is 1. The predicted octanol–water partition coefficient (Wildman–Crippen LogP) is 4.27. The van der Waals surface area contributed by atoms with Crippen LogP contribution in [0.25, 0.3) is 0 Å². The number of benzene rings is 2. The van der Waals surface area contributed by atoms with Gasteiger partial charge in [0.05, 0.1) is 6.54 Å². The van der Waals surface area contributed by atoms with Crippen molar-refractivity contribution in [3.63, 3.8) is 0 Å². The van der Waals surface area contributed by atoms with E-state index < -0.39 is 0 Å². The maximum atomic E-state index is 12.3. The van der Waals surface area contributed by atoms with Crippen LogP contribution in [0, 0.1) is 0 Å². The monoisotopic (exact) mass is 427 g/mol. The molecule has 3 rings (SSSR count). The molecule has 2 aromatic carbocycles. The van der Waals surface area contributed by atoms with Crippen molar-refractivity contribution in [3.8, 4) is 0 Å². The number of urea groups is 1. The summed E-state index contributed by atoms with van der Waals surface area (Å²) in [7, 11) is 0. The highest BCUT2D eigenvalue weighted by Crippen LogP contribution is 2.15. The summed E-state index contributed by atoms with van der Waals surface area (Å²) in [4.78, 5) is 18.8. The average Bonchev–Trinajstić information content (AvgIpc) is 3.29. The van der Waals surface area contributed by atoms with Crippen molar-refractivity contribution in [3.05, 3.63) is 64.7 Å². The number of hydrogen-bond acceptors (Lipinski definition) is 2. The topological polar surface area (TPSA) is 68.8 Å². The van der Waals surface area contributed by atoms with Gasteiger partial charge in [0.2, 0.25) is 0 Å². The van der Waals surface area contributed by atoms with Crippen LogP contribution in [0.4, 0.5) is 10.5 Å². The molecule has 2 aromatic rings. The van der Waals surface area contributed by atoms with E-state index in [9.17, 15) is 4.79 Å². The molecule has 3 N–H and O–H groups in total. The van der Waals surface area contributed by atoms with Gasteiger partial charge in [0.25, 0.3) is 0 Å². The van der Waals surface area contributed by atoms with Gasteiger partial charge in [0.1, 0.15) is 0 Å². The molecule has 0 bridgehead atoms. The summed E-state index contributed by atoms with van der Waals surface area (Å²) in [5.74, 6) is 0.776. The van der Waals surface area contributed by atoms with E-state index in [1.807, 2.05) is 60.4 Å². The fourth-order valence-corrected chi connectivity index (χ4v) is 3.48. The molecule has 1 saturated heterocycles. The zero-order valence-electron chi connectivity index (χ0n) is 17.5. The van der Waals surface area contributed by atoms with Crippen LogP contribution in [0.2, 0.25) is 5.02 Å². The number of carbonyl (C=O) groups is 1. The minimum Gasteiger partial charge on any atom is -0.357 e. The number of anilines is 1. The molecule has 0 aliphatic carbocycles. The molecule has 0 saturated carbocycles. The van der Waals surface area contributed by atoms with Crippen molar-refractivity contribution in [2.45, 2.75) is 32.7 Å². The number of hydrogen-bond donors (Lipinski definition) is 3. The molecule has 1 fully saturated rings. The van der Waals surface area contributed by atoms with Gasteiger partial charge < -0.3 is 20.9 Å². The third-order valence-electron chi connectivity index (χ3n) is 4.95. The molecule has 2 amide bonds. The first-order valence-electron chi connectivity index (χ1n) is 10.6. The van der Waals surface area contributed by atoms with Gasteiger partial charge in [0, 0.05) is 36.9 Å². The summed E-state index contributed by atoms with van der Waals surface area (Å²) in [6.07, 6.45) is 3.06. The molecular formula is C23H30ClN5O. The van der Waals surface area contributed by atoms with Crippen molar-refractivity contribution in [1.29, 1.82) is 0 Å². The van der Waals surface area contributed by atoms with E-state index in [1.54, 1.807) is 0 Å². The number of nitrogens with zero attached hydrogens (tertiary/aromatic N) is 2. The van der Waals surface area contributed by atoms with Gasteiger partial charge >= 0.3 is 6.03 Å². The molecule has 0 aromatic heterocycles. The van der Waals surface area contributed by atoms with Crippen LogP contribution in [0.1, 0.15) is 30.9 Å². The van der Waals surface area contributed by atoms with Crippen LogP contribution in [0.15, 0.2) is 53.5 Å². The van der Waals surface area contributed by atoms with Crippen LogP contribution < -0.4 is 16.0 Å². The average molecular weight is 428 g/mol. The number of carbonyl (C=O) groups excluding carboxylic acids is 1. The molecule has 0 spiro atoms. The second-order valence-electron chi connectivity index (χ2n) is 7.32. The Hall–Kier alpha value is -2.73. The van der Waals surface area contributed by atoms with Crippen LogP contribution in [-0.2, 0) is 13.0 Å². The molecule has 0 atom stereocenters. The van der Waals surface area contributed by atoms with Crippen molar-refractivity contribution < 1.29 is 4.79 Å². The fourth-order valence-electron chi connectivity index (χ4n) is 3.36. The smallest absolute Gasteiger partial charge is 0.321 e. The number of guanidine groups is 1. The lowest BCUT2D eigenvalue weighted by molar-refractivity contribution is 0.222. The van der Waals surface area contributed by atoms with E-state index in [0.717, 1.165) is 67.7 Å². The lowest BCUT2D eigenvalue weighted by atomic mass is 10.1. The van der Waals surface area contributed by atoms with E-state index in [4.69, 9.17) is 11.6 Å². The Morgan fingerprint density at radius 1 is 1.07 bits per heavy atom. The quantitative estimate of drug-likeness (QED) is 0.456. The highest BCUT2D eigenvalue weighted by atomic mass is 35.5. The van der Waals surface area contributed by atoms with Gasteiger partial charge in [-0.2, -0.15) is 0 Å². The molecule has 0 radical (unpaired) electrons. The summed E-state index contributed by atoms with van der Waals surface area (Å²) in [5, 5.41) is 10.4. The van der Waals surface area contributed by atoms with Gasteiger partial charge in [-0.1, -0.05) is 35.9 Å². The maximum absolute atomic E-state index is 12.3. The van der Waals surface area contributed by atoms with E-state index >= 15 is 0 Å². The standard InChI is InChI=1S/C23H30ClN5O/c1-2-25-22(26-13-12-18-8-10-20(24)11-9-18)27-17-19-6-5-7-21(16-19)28-23(30)29-14-3-4-15-29/h5-11,16H,2-4,12-15,17H2,1H3,(H,28,30)(H2,25,26,27). The Labute approximate surface area is 183 Å². The van der Waals surface area contributed by atoms with Crippen molar-refractivity contribution in [2.75, 3.05) is 31.5 Å². The highest BCUT2D eigenvalue weighted by molar-refractivity contribution is 6.30. The Morgan fingerprint density at radius 3 is 2.57 bits per heavy atom. The van der Waals surface area contributed by atoms with Crippen molar-refractivity contribution >= 4 is 29.3 Å². The van der Waals surface area contributed by atoms with Gasteiger partial charge in [0.15, 0.2) is 5.96 Å². The fraction of sp³-hybridized carbons (Fsp3) is 0.391. The maximum Gasteiger partial charge on any atom is 0.321 e. The molecular weight excluding hydrogens is 398 g/mol. The summed E-state index contributed by atoms with van der Waals surface area (Å²) in [6, 6.07) is 15.7. The second kappa shape index (κ2) is 11.5. The zero-order chi connectivity index (χ0) is 21.2. The van der Waals surface area contributed by atoms with E-state index in [0.29, 0.717) is 6.54 Å². The third-order valence-corrected chi connectivity index (χ3v) is 5.21. The number of halogens is 1. The number of nitrogens with one attached hydrogen (secondary N) is 3.